The molecule has 0 atom stereocenters. The predicted molar refractivity (Wildman–Crippen MR) is 67.9 cm³/mol. The molecule has 1 aliphatic rings. The third-order valence-electron chi connectivity index (χ3n) is 3.15. The topological polar surface area (TPSA) is 27.7 Å². The molecule has 1 rings (SSSR count). The van der Waals surface area contributed by atoms with Gasteiger partial charge in [-0.05, 0) is 26.4 Å². The van der Waals surface area contributed by atoms with Crippen LogP contribution in [-0.4, -0.2) is 76.4 Å². The van der Waals surface area contributed by atoms with Crippen molar-refractivity contribution in [1.29, 1.82) is 0 Å². The zero-order chi connectivity index (χ0) is 11.6. The molecule has 4 heteroatoms. The number of nitrogens with one attached hydrogen (secondary N) is 1. The number of likely N-dealkylation sites (N-methyl/N-ethyl adjacent to an activating group) is 1. The summed E-state index contributed by atoms with van der Waals surface area (Å²) in [5.74, 6) is 0. The van der Waals surface area contributed by atoms with Crippen LogP contribution >= 0.6 is 0 Å². The largest absolute Gasteiger partial charge is 0.385 e. The maximum atomic E-state index is 5.05. The van der Waals surface area contributed by atoms with Crippen molar-refractivity contribution in [2.75, 3.05) is 66.6 Å². The van der Waals surface area contributed by atoms with Crippen LogP contribution in [0.25, 0.3) is 0 Å². The first kappa shape index (κ1) is 13.9. The molecular formula is C12H27N3O. The van der Waals surface area contributed by atoms with Crippen LogP contribution in [0.15, 0.2) is 0 Å². The first-order valence-electron chi connectivity index (χ1n) is 6.43. The van der Waals surface area contributed by atoms with Gasteiger partial charge in [0.05, 0.1) is 0 Å². The number of methoxy groups -OCH3 is 1. The number of unbranched alkanes of at least 4 members (excludes halogenated alkanes) is 1. The van der Waals surface area contributed by atoms with Gasteiger partial charge in [0.25, 0.3) is 0 Å². The Morgan fingerprint density at radius 1 is 1.19 bits per heavy atom. The summed E-state index contributed by atoms with van der Waals surface area (Å²) in [6, 6.07) is 0. The Labute approximate surface area is 99.9 Å². The van der Waals surface area contributed by atoms with E-state index in [1.807, 2.05) is 0 Å². The lowest BCUT2D eigenvalue weighted by atomic mass is 10.3. The Balaban J connectivity index is 1.94. The Kier molecular flexibility index (Phi) is 7.76. The molecule has 4 nitrogen and oxygen atoms in total. The summed E-state index contributed by atoms with van der Waals surface area (Å²) in [6.45, 7) is 9.20. The van der Waals surface area contributed by atoms with Gasteiger partial charge >= 0.3 is 0 Å². The lowest BCUT2D eigenvalue weighted by Crippen LogP contribution is -2.46. The number of piperazine rings is 1. The molecule has 0 radical (unpaired) electrons. The van der Waals surface area contributed by atoms with E-state index in [0.717, 1.165) is 19.7 Å². The van der Waals surface area contributed by atoms with E-state index in [1.165, 1.54) is 45.6 Å². The molecule has 0 saturated carbocycles. The van der Waals surface area contributed by atoms with Gasteiger partial charge in [-0.3, -0.25) is 4.90 Å². The molecule has 0 aliphatic carbocycles. The van der Waals surface area contributed by atoms with E-state index < -0.39 is 0 Å². The summed E-state index contributed by atoms with van der Waals surface area (Å²) >= 11 is 0. The molecule has 0 unspecified atom stereocenters. The summed E-state index contributed by atoms with van der Waals surface area (Å²) in [5.41, 5.74) is 0. The number of nitrogens with zero attached hydrogens (tertiary/aromatic N) is 2. The summed E-state index contributed by atoms with van der Waals surface area (Å²) in [6.07, 6.45) is 2.42. The standard InChI is InChI=1S/C12H27N3O/c1-14(7-3-4-12-16-2)10-11-15-8-5-13-6-9-15/h13H,3-12H2,1-2H3. The Morgan fingerprint density at radius 3 is 2.62 bits per heavy atom. The van der Waals surface area contributed by atoms with Crippen molar-refractivity contribution in [2.24, 2.45) is 0 Å². The highest BCUT2D eigenvalue weighted by atomic mass is 16.5. The minimum absolute atomic E-state index is 0.894. The van der Waals surface area contributed by atoms with Crippen molar-refractivity contribution in [3.63, 3.8) is 0 Å². The number of ether oxygens (including phenoxy) is 1. The van der Waals surface area contributed by atoms with Gasteiger partial charge < -0.3 is 15.0 Å². The van der Waals surface area contributed by atoms with Crippen LogP contribution in [0.3, 0.4) is 0 Å². The molecule has 0 aromatic carbocycles. The van der Waals surface area contributed by atoms with Gasteiger partial charge in [0.15, 0.2) is 0 Å². The molecule has 1 saturated heterocycles. The average molecular weight is 229 g/mol. The summed E-state index contributed by atoms with van der Waals surface area (Å²) in [4.78, 5) is 4.97. The predicted octanol–water partition coefficient (Wildman–Crippen LogP) is 0.250. The van der Waals surface area contributed by atoms with Gasteiger partial charge in [0.2, 0.25) is 0 Å². The first-order chi connectivity index (χ1) is 7.83. The second-order valence-corrected chi connectivity index (χ2v) is 4.59. The smallest absolute Gasteiger partial charge is 0.0462 e. The van der Waals surface area contributed by atoms with Gasteiger partial charge in [-0.25, -0.2) is 0 Å². The van der Waals surface area contributed by atoms with Gasteiger partial charge in [0.1, 0.15) is 0 Å². The Bertz CT molecular complexity index is 160. The third kappa shape index (κ3) is 6.43. The molecule has 1 aliphatic heterocycles. The van der Waals surface area contributed by atoms with Crippen LogP contribution in [0.4, 0.5) is 0 Å². The first-order valence-corrected chi connectivity index (χ1v) is 6.43. The van der Waals surface area contributed by atoms with Crippen LogP contribution in [-0.2, 0) is 4.74 Å². The quantitative estimate of drug-likeness (QED) is 0.604. The van der Waals surface area contributed by atoms with Crippen molar-refractivity contribution in [3.8, 4) is 0 Å². The van der Waals surface area contributed by atoms with Gasteiger partial charge in [-0.15, -0.1) is 0 Å². The molecule has 0 aromatic heterocycles. The van der Waals surface area contributed by atoms with E-state index >= 15 is 0 Å². The van der Waals surface area contributed by atoms with E-state index in [9.17, 15) is 0 Å². The molecule has 16 heavy (non-hydrogen) atoms. The van der Waals surface area contributed by atoms with Crippen LogP contribution < -0.4 is 5.32 Å². The number of rotatable bonds is 8. The Hall–Kier alpha value is -0.160. The lowest BCUT2D eigenvalue weighted by molar-refractivity contribution is 0.180. The second-order valence-electron chi connectivity index (χ2n) is 4.59. The van der Waals surface area contributed by atoms with E-state index in [2.05, 4.69) is 22.2 Å². The number of hydrogen-bond acceptors (Lipinski definition) is 4. The highest BCUT2D eigenvalue weighted by Crippen LogP contribution is 1.96. The van der Waals surface area contributed by atoms with Crippen molar-refractivity contribution in [1.82, 2.24) is 15.1 Å². The SMILES string of the molecule is COCCCCN(C)CCN1CCNCC1. The van der Waals surface area contributed by atoms with E-state index in [4.69, 9.17) is 4.74 Å². The zero-order valence-corrected chi connectivity index (χ0v) is 10.9. The molecule has 0 amide bonds. The Morgan fingerprint density at radius 2 is 1.94 bits per heavy atom. The fourth-order valence-corrected chi connectivity index (χ4v) is 1.99. The van der Waals surface area contributed by atoms with E-state index in [0.29, 0.717) is 0 Å². The lowest BCUT2D eigenvalue weighted by Gasteiger charge is -2.29. The van der Waals surface area contributed by atoms with Crippen molar-refractivity contribution < 1.29 is 4.74 Å². The molecule has 1 heterocycles. The number of hydrogen-bond donors (Lipinski definition) is 1. The van der Waals surface area contributed by atoms with Crippen molar-refractivity contribution in [3.05, 3.63) is 0 Å². The van der Waals surface area contributed by atoms with Gasteiger partial charge in [0, 0.05) is 53.0 Å². The van der Waals surface area contributed by atoms with Crippen molar-refractivity contribution >= 4 is 0 Å². The maximum absolute atomic E-state index is 5.05. The molecule has 96 valence electrons. The van der Waals surface area contributed by atoms with Crippen LogP contribution in [0.1, 0.15) is 12.8 Å². The molecular weight excluding hydrogens is 202 g/mol. The minimum Gasteiger partial charge on any atom is -0.385 e. The van der Waals surface area contributed by atoms with Gasteiger partial charge in [-0.1, -0.05) is 0 Å². The fraction of sp³-hybridized carbons (Fsp3) is 1.00. The van der Waals surface area contributed by atoms with E-state index in [-0.39, 0.29) is 0 Å². The van der Waals surface area contributed by atoms with Crippen LogP contribution in [0.5, 0.6) is 0 Å². The molecule has 1 fully saturated rings. The summed E-state index contributed by atoms with van der Waals surface area (Å²) in [7, 11) is 3.99. The monoisotopic (exact) mass is 229 g/mol. The summed E-state index contributed by atoms with van der Waals surface area (Å²) < 4.78 is 5.05. The molecule has 0 bridgehead atoms. The average Bonchev–Trinajstić information content (AvgIpc) is 2.33. The molecule has 1 N–H and O–H groups in total. The van der Waals surface area contributed by atoms with Crippen LogP contribution in [0.2, 0.25) is 0 Å². The highest BCUT2D eigenvalue weighted by Gasteiger charge is 2.09. The highest BCUT2D eigenvalue weighted by molar-refractivity contribution is 4.68. The fourth-order valence-electron chi connectivity index (χ4n) is 1.99. The normalized spacial score (nSPS) is 18.2. The summed E-state index contributed by atoms with van der Waals surface area (Å²) in [5, 5.41) is 3.38. The molecule has 0 aromatic rings. The van der Waals surface area contributed by atoms with Crippen molar-refractivity contribution in [2.45, 2.75) is 12.8 Å². The minimum atomic E-state index is 0.894. The zero-order valence-electron chi connectivity index (χ0n) is 10.9. The third-order valence-corrected chi connectivity index (χ3v) is 3.15. The molecule has 0 spiro atoms. The van der Waals surface area contributed by atoms with Gasteiger partial charge in [-0.2, -0.15) is 0 Å². The van der Waals surface area contributed by atoms with E-state index in [1.54, 1.807) is 7.11 Å². The van der Waals surface area contributed by atoms with Crippen LogP contribution in [0, 0.1) is 0 Å². The second kappa shape index (κ2) is 8.93. The maximum Gasteiger partial charge on any atom is 0.0462 e.